The maximum atomic E-state index is 10.6. The lowest BCUT2D eigenvalue weighted by atomic mass is 9.48. The first kappa shape index (κ1) is 18.3. The van der Waals surface area contributed by atoms with Gasteiger partial charge in [0.25, 0.3) is 0 Å². The molecular formula is C22H38O3. The van der Waals surface area contributed by atoms with Crippen molar-refractivity contribution < 1.29 is 14.9 Å². The fourth-order valence-electron chi connectivity index (χ4n) is 8.13. The molecule has 3 nitrogen and oxygen atoms in total. The predicted molar refractivity (Wildman–Crippen MR) is 99.1 cm³/mol. The van der Waals surface area contributed by atoms with Crippen molar-refractivity contribution in [2.75, 3.05) is 7.11 Å². The minimum Gasteiger partial charge on any atom is -0.393 e. The minimum atomic E-state index is -0.501. The summed E-state index contributed by atoms with van der Waals surface area (Å²) in [5, 5.41) is 21.0. The summed E-state index contributed by atoms with van der Waals surface area (Å²) in [5.74, 6) is 4.08. The molecule has 2 N–H and O–H groups in total. The van der Waals surface area contributed by atoms with Crippen molar-refractivity contribution >= 4 is 0 Å². The van der Waals surface area contributed by atoms with Gasteiger partial charge in [-0.15, -0.1) is 0 Å². The molecule has 0 radical (unpaired) electrons. The van der Waals surface area contributed by atoms with Crippen LogP contribution in [0.4, 0.5) is 0 Å². The number of hydrogen-bond donors (Lipinski definition) is 2. The molecule has 4 rings (SSSR count). The van der Waals surface area contributed by atoms with E-state index in [0.29, 0.717) is 23.4 Å². The Hall–Kier alpha value is -0.120. The van der Waals surface area contributed by atoms with E-state index in [1.165, 1.54) is 38.5 Å². The van der Waals surface area contributed by atoms with Crippen molar-refractivity contribution in [1.29, 1.82) is 0 Å². The third kappa shape index (κ3) is 2.80. The monoisotopic (exact) mass is 350 g/mol. The van der Waals surface area contributed by atoms with E-state index >= 15 is 0 Å². The van der Waals surface area contributed by atoms with Gasteiger partial charge < -0.3 is 14.9 Å². The van der Waals surface area contributed by atoms with Gasteiger partial charge in [-0.1, -0.05) is 6.92 Å². The molecule has 3 heteroatoms. The third-order valence-corrected chi connectivity index (χ3v) is 9.22. The van der Waals surface area contributed by atoms with E-state index in [2.05, 4.69) is 6.92 Å². The Balaban J connectivity index is 1.60. The van der Waals surface area contributed by atoms with Crippen LogP contribution in [0, 0.1) is 40.9 Å². The SMILES string of the molecule is CO[C@@H]1C[C@@H]2[C@H](CC[C@]3(C)[C@@H](C(C)O)CC[C@@H]23)[C@H]2CC[C@@](C)(O)C[C@H]21. The smallest absolute Gasteiger partial charge is 0.0623 e. The Morgan fingerprint density at radius 3 is 2.32 bits per heavy atom. The zero-order valence-corrected chi connectivity index (χ0v) is 16.6. The summed E-state index contributed by atoms with van der Waals surface area (Å²) in [5.41, 5.74) is -0.181. The summed E-state index contributed by atoms with van der Waals surface area (Å²) in [6.07, 6.45) is 9.43. The van der Waals surface area contributed by atoms with Gasteiger partial charge >= 0.3 is 0 Å². The van der Waals surface area contributed by atoms with Crippen LogP contribution in [0.25, 0.3) is 0 Å². The zero-order chi connectivity index (χ0) is 18.0. The van der Waals surface area contributed by atoms with Gasteiger partial charge in [0.05, 0.1) is 17.8 Å². The van der Waals surface area contributed by atoms with Crippen molar-refractivity contribution in [3.05, 3.63) is 0 Å². The van der Waals surface area contributed by atoms with E-state index < -0.39 is 5.60 Å². The lowest BCUT2D eigenvalue weighted by Crippen LogP contribution is -2.55. The highest BCUT2D eigenvalue weighted by Gasteiger charge is 2.59. The lowest BCUT2D eigenvalue weighted by molar-refractivity contribution is -0.155. The molecule has 0 aliphatic heterocycles. The standard InChI is InChI=1S/C22H38O3/c1-13(23)18-5-6-19-16-11-20(25-4)17-12-21(2,24)9-7-15(17)14(16)8-10-22(18,19)3/h13-20,23-24H,5-12H2,1-4H3/t13?,14-,15-,16-,17-,18-,19+,20-,21-,22-/m1/s1. The summed E-state index contributed by atoms with van der Waals surface area (Å²) in [7, 11) is 1.88. The number of hydrogen-bond acceptors (Lipinski definition) is 3. The van der Waals surface area contributed by atoms with Crippen LogP contribution in [0.2, 0.25) is 0 Å². The largest absolute Gasteiger partial charge is 0.393 e. The zero-order valence-electron chi connectivity index (χ0n) is 16.6. The second-order valence-electron chi connectivity index (χ2n) is 10.5. The van der Waals surface area contributed by atoms with Gasteiger partial charge in [0.2, 0.25) is 0 Å². The van der Waals surface area contributed by atoms with Crippen molar-refractivity contribution in [2.45, 2.75) is 89.9 Å². The van der Waals surface area contributed by atoms with E-state index in [1.54, 1.807) is 0 Å². The molecule has 4 fully saturated rings. The van der Waals surface area contributed by atoms with Crippen LogP contribution in [-0.4, -0.2) is 35.1 Å². The Bertz CT molecular complexity index is 502. The molecule has 0 amide bonds. The quantitative estimate of drug-likeness (QED) is 0.791. The van der Waals surface area contributed by atoms with Crippen molar-refractivity contribution in [2.24, 2.45) is 40.9 Å². The van der Waals surface area contributed by atoms with Gasteiger partial charge in [0.15, 0.2) is 0 Å². The van der Waals surface area contributed by atoms with Gasteiger partial charge in [-0.3, -0.25) is 0 Å². The highest BCUT2D eigenvalue weighted by molar-refractivity contribution is 5.09. The van der Waals surface area contributed by atoms with Gasteiger partial charge in [-0.05, 0) is 106 Å². The van der Waals surface area contributed by atoms with Crippen LogP contribution in [-0.2, 0) is 4.74 Å². The van der Waals surface area contributed by atoms with E-state index in [-0.39, 0.29) is 6.10 Å². The molecule has 4 saturated carbocycles. The van der Waals surface area contributed by atoms with E-state index in [0.717, 1.165) is 36.5 Å². The topological polar surface area (TPSA) is 49.7 Å². The number of aliphatic hydroxyl groups excluding tert-OH is 1. The summed E-state index contributed by atoms with van der Waals surface area (Å²) >= 11 is 0. The molecule has 144 valence electrons. The first-order chi connectivity index (χ1) is 11.8. The molecule has 4 aliphatic carbocycles. The van der Waals surface area contributed by atoms with Crippen LogP contribution < -0.4 is 0 Å². The molecule has 0 heterocycles. The molecule has 0 aromatic carbocycles. The molecular weight excluding hydrogens is 312 g/mol. The highest BCUT2D eigenvalue weighted by atomic mass is 16.5. The average molecular weight is 351 g/mol. The van der Waals surface area contributed by atoms with E-state index in [4.69, 9.17) is 4.74 Å². The Morgan fingerprint density at radius 1 is 0.960 bits per heavy atom. The molecule has 10 atom stereocenters. The second kappa shape index (κ2) is 6.21. The Morgan fingerprint density at radius 2 is 1.64 bits per heavy atom. The number of aliphatic hydroxyl groups is 2. The van der Waals surface area contributed by atoms with Crippen LogP contribution in [0.5, 0.6) is 0 Å². The summed E-state index contributed by atoms with van der Waals surface area (Å²) in [4.78, 5) is 0. The van der Waals surface area contributed by atoms with Crippen LogP contribution >= 0.6 is 0 Å². The molecule has 0 bridgehead atoms. The molecule has 4 aliphatic rings. The fourth-order valence-corrected chi connectivity index (χ4v) is 8.13. The predicted octanol–water partition coefficient (Wildman–Crippen LogP) is 4.01. The van der Waals surface area contributed by atoms with Crippen LogP contribution in [0.1, 0.15) is 72.1 Å². The second-order valence-corrected chi connectivity index (χ2v) is 10.5. The van der Waals surface area contributed by atoms with Gasteiger partial charge in [0.1, 0.15) is 0 Å². The Labute approximate surface area is 153 Å². The highest BCUT2D eigenvalue weighted by Crippen LogP contribution is 2.65. The number of ether oxygens (including phenoxy) is 1. The maximum absolute atomic E-state index is 10.6. The number of methoxy groups -OCH3 is 1. The van der Waals surface area contributed by atoms with E-state index in [9.17, 15) is 10.2 Å². The van der Waals surface area contributed by atoms with Crippen molar-refractivity contribution in [3.8, 4) is 0 Å². The van der Waals surface area contributed by atoms with Gasteiger partial charge in [0, 0.05) is 7.11 Å². The molecule has 0 saturated heterocycles. The summed E-state index contributed by atoms with van der Waals surface area (Å²) < 4.78 is 6.00. The normalized spacial score (nSPS) is 56.6. The third-order valence-electron chi connectivity index (χ3n) is 9.22. The van der Waals surface area contributed by atoms with Gasteiger partial charge in [-0.2, -0.15) is 0 Å². The average Bonchev–Trinajstić information content (AvgIpc) is 2.90. The number of fused-ring (bicyclic) bond motifs is 5. The maximum Gasteiger partial charge on any atom is 0.0623 e. The summed E-state index contributed by atoms with van der Waals surface area (Å²) in [6, 6.07) is 0. The molecule has 1 unspecified atom stereocenters. The van der Waals surface area contributed by atoms with Gasteiger partial charge in [-0.25, -0.2) is 0 Å². The molecule has 25 heavy (non-hydrogen) atoms. The first-order valence-electron chi connectivity index (χ1n) is 10.7. The lowest BCUT2D eigenvalue weighted by Gasteiger charge is -2.58. The van der Waals surface area contributed by atoms with E-state index in [1.807, 2.05) is 21.0 Å². The molecule has 0 aromatic heterocycles. The number of rotatable bonds is 2. The molecule has 0 spiro atoms. The first-order valence-corrected chi connectivity index (χ1v) is 10.7. The van der Waals surface area contributed by atoms with Crippen LogP contribution in [0.3, 0.4) is 0 Å². The minimum absolute atomic E-state index is 0.175. The molecule has 0 aromatic rings. The Kier molecular flexibility index (Phi) is 4.53. The van der Waals surface area contributed by atoms with Crippen molar-refractivity contribution in [1.82, 2.24) is 0 Å². The summed E-state index contributed by atoms with van der Waals surface area (Å²) in [6.45, 7) is 6.49. The van der Waals surface area contributed by atoms with Crippen molar-refractivity contribution in [3.63, 3.8) is 0 Å². The fraction of sp³-hybridized carbons (Fsp3) is 1.00. The van der Waals surface area contributed by atoms with Crippen LogP contribution in [0.15, 0.2) is 0 Å².